The highest BCUT2D eigenvalue weighted by atomic mass is 16.5. The quantitative estimate of drug-likeness (QED) is 0.920. The monoisotopic (exact) mass is 298 g/mol. The van der Waals surface area contributed by atoms with Crippen LogP contribution in [0.2, 0.25) is 0 Å². The van der Waals surface area contributed by atoms with E-state index in [4.69, 9.17) is 4.74 Å². The molecule has 0 aliphatic carbocycles. The van der Waals surface area contributed by atoms with Crippen LogP contribution in [0.15, 0.2) is 48.5 Å². The van der Waals surface area contributed by atoms with Crippen LogP contribution in [-0.2, 0) is 6.54 Å². The number of hydrogen-bond donors (Lipinski definition) is 1. The largest absolute Gasteiger partial charge is 0.481 e. The summed E-state index contributed by atoms with van der Waals surface area (Å²) in [6.45, 7) is 2.92. The number of benzene rings is 1. The van der Waals surface area contributed by atoms with E-state index in [9.17, 15) is 5.11 Å². The van der Waals surface area contributed by atoms with Crippen LogP contribution in [0.1, 0.15) is 17.2 Å². The van der Waals surface area contributed by atoms with Crippen molar-refractivity contribution >= 4 is 0 Å². The highest BCUT2D eigenvalue weighted by Crippen LogP contribution is 2.32. The van der Waals surface area contributed by atoms with Crippen LogP contribution in [-0.4, -0.2) is 41.8 Å². The lowest BCUT2D eigenvalue weighted by molar-refractivity contribution is 0.213. The Bertz CT molecular complexity index is 603. The normalized spacial score (nSPS) is 21.9. The van der Waals surface area contributed by atoms with Gasteiger partial charge in [-0.05, 0) is 11.6 Å². The predicted octanol–water partition coefficient (Wildman–Crippen LogP) is 2.30. The van der Waals surface area contributed by atoms with Gasteiger partial charge in [0.2, 0.25) is 5.88 Å². The van der Waals surface area contributed by atoms with Crippen LogP contribution in [0.4, 0.5) is 0 Å². The molecule has 0 saturated carbocycles. The van der Waals surface area contributed by atoms with Crippen LogP contribution < -0.4 is 4.74 Å². The number of likely N-dealkylation sites (tertiary alicyclic amines) is 1. The number of ether oxygens (including phenoxy) is 1. The lowest BCUT2D eigenvalue weighted by atomic mass is 9.93. The molecule has 1 aromatic heterocycles. The van der Waals surface area contributed by atoms with E-state index < -0.39 is 0 Å². The van der Waals surface area contributed by atoms with Gasteiger partial charge in [-0.3, -0.25) is 4.90 Å². The minimum Gasteiger partial charge on any atom is -0.481 e. The van der Waals surface area contributed by atoms with Gasteiger partial charge in [0.15, 0.2) is 0 Å². The number of hydrogen-bond acceptors (Lipinski definition) is 4. The molecule has 1 fully saturated rings. The number of pyridine rings is 1. The highest BCUT2D eigenvalue weighted by molar-refractivity contribution is 5.21. The number of methoxy groups -OCH3 is 1. The molecule has 4 heteroatoms. The summed E-state index contributed by atoms with van der Waals surface area (Å²) in [6, 6.07) is 16.3. The average Bonchev–Trinajstić information content (AvgIpc) is 2.99. The van der Waals surface area contributed by atoms with Gasteiger partial charge in [-0.15, -0.1) is 0 Å². The smallest absolute Gasteiger partial charge is 0.213 e. The van der Waals surface area contributed by atoms with Gasteiger partial charge in [-0.25, -0.2) is 4.98 Å². The first-order chi connectivity index (χ1) is 10.8. The molecule has 1 aliphatic rings. The number of rotatable bonds is 5. The maximum Gasteiger partial charge on any atom is 0.213 e. The SMILES string of the molecule is COc1cccc([C@@H]2CN(Cc3ccccc3)C[C@H]2CO)n1. The van der Waals surface area contributed by atoms with E-state index in [2.05, 4.69) is 34.1 Å². The number of aliphatic hydroxyl groups is 1. The third-order valence-electron chi connectivity index (χ3n) is 4.33. The third kappa shape index (κ3) is 3.29. The zero-order chi connectivity index (χ0) is 15.4. The van der Waals surface area contributed by atoms with Crippen LogP contribution in [0.5, 0.6) is 5.88 Å². The Labute approximate surface area is 131 Å². The van der Waals surface area contributed by atoms with Crippen molar-refractivity contribution < 1.29 is 9.84 Å². The summed E-state index contributed by atoms with van der Waals surface area (Å²) in [6.07, 6.45) is 0. The van der Waals surface area contributed by atoms with E-state index in [1.54, 1.807) is 7.11 Å². The molecule has 22 heavy (non-hydrogen) atoms. The van der Waals surface area contributed by atoms with E-state index in [1.165, 1.54) is 5.56 Å². The topological polar surface area (TPSA) is 45.6 Å². The summed E-state index contributed by atoms with van der Waals surface area (Å²) in [7, 11) is 1.63. The molecule has 2 atom stereocenters. The minimum atomic E-state index is 0.189. The molecule has 1 N–H and O–H groups in total. The molecule has 4 nitrogen and oxygen atoms in total. The maximum absolute atomic E-state index is 9.72. The summed E-state index contributed by atoms with van der Waals surface area (Å²) < 4.78 is 5.22. The van der Waals surface area contributed by atoms with Crippen LogP contribution in [0, 0.1) is 5.92 Å². The summed E-state index contributed by atoms with van der Waals surface area (Å²) in [5, 5.41) is 9.72. The molecule has 0 amide bonds. The lowest BCUT2D eigenvalue weighted by Gasteiger charge is -2.16. The Balaban J connectivity index is 1.74. The first-order valence-corrected chi connectivity index (χ1v) is 7.68. The molecular formula is C18H22N2O2. The van der Waals surface area contributed by atoms with E-state index >= 15 is 0 Å². The van der Waals surface area contributed by atoms with Crippen LogP contribution in [0.3, 0.4) is 0 Å². The fourth-order valence-corrected chi connectivity index (χ4v) is 3.20. The Morgan fingerprint density at radius 3 is 2.68 bits per heavy atom. The summed E-state index contributed by atoms with van der Waals surface area (Å²) in [5.41, 5.74) is 2.31. The lowest BCUT2D eigenvalue weighted by Crippen LogP contribution is -2.20. The van der Waals surface area contributed by atoms with Crippen molar-refractivity contribution in [1.82, 2.24) is 9.88 Å². The highest BCUT2D eigenvalue weighted by Gasteiger charge is 2.34. The summed E-state index contributed by atoms with van der Waals surface area (Å²) >= 11 is 0. The first-order valence-electron chi connectivity index (χ1n) is 7.68. The Morgan fingerprint density at radius 2 is 1.95 bits per heavy atom. The van der Waals surface area contributed by atoms with Gasteiger partial charge in [-0.1, -0.05) is 36.4 Å². The molecule has 1 aromatic carbocycles. The molecular weight excluding hydrogens is 276 g/mol. The van der Waals surface area contributed by atoms with Gasteiger partial charge in [0.05, 0.1) is 7.11 Å². The average molecular weight is 298 g/mol. The Kier molecular flexibility index (Phi) is 4.71. The van der Waals surface area contributed by atoms with E-state index in [0.29, 0.717) is 5.88 Å². The van der Waals surface area contributed by atoms with Gasteiger partial charge >= 0.3 is 0 Å². The van der Waals surface area contributed by atoms with Crippen molar-refractivity contribution in [2.75, 3.05) is 26.8 Å². The predicted molar refractivity (Wildman–Crippen MR) is 85.8 cm³/mol. The molecule has 1 aliphatic heterocycles. The number of nitrogens with zero attached hydrogens (tertiary/aromatic N) is 2. The van der Waals surface area contributed by atoms with Gasteiger partial charge < -0.3 is 9.84 Å². The standard InChI is InChI=1S/C18H22N2O2/c1-22-18-9-5-8-17(19-18)16-12-20(11-15(16)13-21)10-14-6-3-2-4-7-14/h2-9,15-16,21H,10-13H2,1H3/t15-,16+/m0/s1. The fraction of sp³-hybridized carbons (Fsp3) is 0.389. The maximum atomic E-state index is 9.72. The van der Waals surface area contributed by atoms with Gasteiger partial charge in [0.25, 0.3) is 0 Å². The molecule has 116 valence electrons. The third-order valence-corrected chi connectivity index (χ3v) is 4.33. The van der Waals surface area contributed by atoms with Crippen molar-refractivity contribution in [3.05, 3.63) is 59.8 Å². The Hall–Kier alpha value is -1.91. The molecule has 3 rings (SSSR count). The summed E-state index contributed by atoms with van der Waals surface area (Å²) in [4.78, 5) is 6.94. The first kappa shape index (κ1) is 15.0. The van der Waals surface area contributed by atoms with E-state index in [-0.39, 0.29) is 18.4 Å². The van der Waals surface area contributed by atoms with Gasteiger partial charge in [-0.2, -0.15) is 0 Å². The Morgan fingerprint density at radius 1 is 1.14 bits per heavy atom. The molecule has 0 radical (unpaired) electrons. The second-order valence-electron chi connectivity index (χ2n) is 5.83. The minimum absolute atomic E-state index is 0.189. The van der Waals surface area contributed by atoms with Crippen molar-refractivity contribution in [2.24, 2.45) is 5.92 Å². The second kappa shape index (κ2) is 6.90. The second-order valence-corrected chi connectivity index (χ2v) is 5.83. The van der Waals surface area contributed by atoms with E-state index in [1.807, 2.05) is 24.3 Å². The van der Waals surface area contributed by atoms with Crippen LogP contribution >= 0.6 is 0 Å². The van der Waals surface area contributed by atoms with Crippen molar-refractivity contribution in [3.8, 4) is 5.88 Å². The van der Waals surface area contributed by atoms with Crippen molar-refractivity contribution in [1.29, 1.82) is 0 Å². The zero-order valence-corrected chi connectivity index (χ0v) is 12.9. The fourth-order valence-electron chi connectivity index (χ4n) is 3.20. The molecule has 0 spiro atoms. The van der Waals surface area contributed by atoms with E-state index in [0.717, 1.165) is 25.3 Å². The van der Waals surface area contributed by atoms with Gasteiger partial charge in [0.1, 0.15) is 0 Å². The zero-order valence-electron chi connectivity index (χ0n) is 12.9. The van der Waals surface area contributed by atoms with Crippen molar-refractivity contribution in [3.63, 3.8) is 0 Å². The molecule has 0 bridgehead atoms. The number of aromatic nitrogens is 1. The van der Waals surface area contributed by atoms with Gasteiger partial charge in [0, 0.05) is 49.8 Å². The molecule has 1 saturated heterocycles. The number of aliphatic hydroxyl groups excluding tert-OH is 1. The van der Waals surface area contributed by atoms with Crippen molar-refractivity contribution in [2.45, 2.75) is 12.5 Å². The van der Waals surface area contributed by atoms with Crippen LogP contribution in [0.25, 0.3) is 0 Å². The molecule has 0 unspecified atom stereocenters. The summed E-state index contributed by atoms with van der Waals surface area (Å²) in [5.74, 6) is 1.11. The molecule has 2 heterocycles. The molecule has 2 aromatic rings.